The highest BCUT2D eigenvalue weighted by atomic mass is 15.3. The molecule has 0 atom stereocenters. The summed E-state index contributed by atoms with van der Waals surface area (Å²) in [5, 5.41) is 9.40. The maximum absolute atomic E-state index is 4.70. The minimum atomic E-state index is 0.735. The van der Waals surface area contributed by atoms with Crippen molar-refractivity contribution in [1.82, 2.24) is 19.6 Å². The Bertz CT molecular complexity index is 944. The van der Waals surface area contributed by atoms with Crippen LogP contribution in [0.2, 0.25) is 0 Å². The van der Waals surface area contributed by atoms with E-state index in [1.54, 1.807) is 0 Å². The Morgan fingerprint density at radius 3 is 1.71 bits per heavy atom. The fraction of sp³-hybridized carbons (Fsp3) is 0.100. The van der Waals surface area contributed by atoms with Crippen molar-refractivity contribution in [3.8, 4) is 11.4 Å². The van der Waals surface area contributed by atoms with Crippen LogP contribution in [-0.2, 0) is 12.8 Å². The van der Waals surface area contributed by atoms with Crippen molar-refractivity contribution in [2.45, 2.75) is 12.8 Å². The molecule has 24 heavy (non-hydrogen) atoms. The molecule has 1 aliphatic rings. The molecular weight excluding hydrogens is 296 g/mol. The van der Waals surface area contributed by atoms with Crippen molar-refractivity contribution < 1.29 is 0 Å². The van der Waals surface area contributed by atoms with Gasteiger partial charge in [-0.05, 0) is 53.9 Å². The van der Waals surface area contributed by atoms with Crippen molar-refractivity contribution in [2.24, 2.45) is 0 Å². The molecule has 2 aromatic carbocycles. The molecule has 4 heteroatoms. The average Bonchev–Trinajstić information content (AvgIpc) is 3.25. The second-order valence-corrected chi connectivity index (χ2v) is 6.20. The molecule has 0 radical (unpaired) electrons. The third-order valence-corrected chi connectivity index (χ3v) is 4.41. The third kappa shape index (κ3) is 2.33. The van der Waals surface area contributed by atoms with E-state index in [4.69, 9.17) is 10.2 Å². The van der Waals surface area contributed by atoms with Crippen molar-refractivity contribution in [3.63, 3.8) is 0 Å². The second-order valence-electron chi connectivity index (χ2n) is 6.20. The number of aromatic nitrogens is 4. The van der Waals surface area contributed by atoms with Crippen LogP contribution in [-0.4, -0.2) is 19.6 Å². The van der Waals surface area contributed by atoms with Gasteiger partial charge in [0.1, 0.15) is 0 Å². The molecule has 0 amide bonds. The van der Waals surface area contributed by atoms with Crippen molar-refractivity contribution in [2.75, 3.05) is 0 Å². The predicted octanol–water partition coefficient (Wildman–Crippen LogP) is 3.55. The topological polar surface area (TPSA) is 35.6 Å². The van der Waals surface area contributed by atoms with Gasteiger partial charge >= 0.3 is 0 Å². The summed E-state index contributed by atoms with van der Waals surface area (Å²) < 4.78 is 3.88. The first-order chi connectivity index (χ1) is 11.8. The van der Waals surface area contributed by atoms with E-state index in [1.165, 1.54) is 11.1 Å². The van der Waals surface area contributed by atoms with Gasteiger partial charge < -0.3 is 0 Å². The lowest BCUT2D eigenvalue weighted by Crippen LogP contribution is -2.01. The molecule has 2 aromatic heterocycles. The molecule has 0 aliphatic carbocycles. The number of fused-ring (bicyclic) bond motifs is 10. The highest BCUT2D eigenvalue weighted by Crippen LogP contribution is 2.18. The molecular formula is C20H16N4. The molecule has 4 aromatic rings. The zero-order valence-corrected chi connectivity index (χ0v) is 13.1. The van der Waals surface area contributed by atoms with Gasteiger partial charge in [0.05, 0.1) is 22.8 Å². The maximum atomic E-state index is 4.70. The molecule has 4 nitrogen and oxygen atoms in total. The maximum Gasteiger partial charge on any atom is 0.0689 e. The van der Waals surface area contributed by atoms with Gasteiger partial charge in [0, 0.05) is 18.8 Å². The molecule has 0 fully saturated rings. The van der Waals surface area contributed by atoms with E-state index in [0.717, 1.165) is 35.6 Å². The van der Waals surface area contributed by atoms with Gasteiger partial charge in [-0.25, -0.2) is 9.36 Å². The van der Waals surface area contributed by atoms with Gasteiger partial charge in [-0.2, -0.15) is 10.2 Å². The number of rotatable bonds is 0. The quantitative estimate of drug-likeness (QED) is 0.438. The lowest BCUT2D eigenvalue weighted by atomic mass is 10.0. The summed E-state index contributed by atoms with van der Waals surface area (Å²) in [4.78, 5) is 0. The predicted molar refractivity (Wildman–Crippen MR) is 92.7 cm³/mol. The molecule has 116 valence electrons. The summed E-state index contributed by atoms with van der Waals surface area (Å²) in [7, 11) is 0. The van der Waals surface area contributed by atoms with E-state index >= 15 is 0 Å². The van der Waals surface area contributed by atoms with Crippen molar-refractivity contribution >= 4 is 0 Å². The van der Waals surface area contributed by atoms with Gasteiger partial charge in [-0.1, -0.05) is 24.3 Å². The van der Waals surface area contributed by atoms with Crippen LogP contribution in [0.1, 0.15) is 22.5 Å². The Kier molecular flexibility index (Phi) is 2.88. The molecule has 0 saturated carbocycles. The lowest BCUT2D eigenvalue weighted by Gasteiger charge is -2.08. The Hall–Kier alpha value is -3.14. The van der Waals surface area contributed by atoms with Gasteiger partial charge in [0.15, 0.2) is 0 Å². The first kappa shape index (κ1) is 13.3. The fourth-order valence-corrected chi connectivity index (χ4v) is 3.24. The number of hydrogen-bond donors (Lipinski definition) is 0. The van der Waals surface area contributed by atoms with Gasteiger partial charge in [-0.15, -0.1) is 0 Å². The van der Waals surface area contributed by atoms with E-state index in [2.05, 4.69) is 60.7 Å². The van der Waals surface area contributed by atoms with E-state index in [0.29, 0.717) is 0 Å². The van der Waals surface area contributed by atoms with Crippen LogP contribution in [0.25, 0.3) is 11.4 Å². The summed E-state index contributed by atoms with van der Waals surface area (Å²) in [6.45, 7) is 0. The van der Waals surface area contributed by atoms with Crippen LogP contribution in [0.4, 0.5) is 0 Å². The Balaban J connectivity index is 1.70. The van der Waals surface area contributed by atoms with Crippen molar-refractivity contribution in [3.05, 3.63) is 95.6 Å². The van der Waals surface area contributed by atoms with Crippen LogP contribution >= 0.6 is 0 Å². The minimum absolute atomic E-state index is 0.735. The monoisotopic (exact) mass is 312 g/mol. The third-order valence-electron chi connectivity index (χ3n) is 4.41. The van der Waals surface area contributed by atoms with Crippen LogP contribution in [0.5, 0.6) is 0 Å². The summed E-state index contributed by atoms with van der Waals surface area (Å²) >= 11 is 0. The van der Waals surface area contributed by atoms with E-state index in [1.807, 2.05) is 21.8 Å². The molecule has 8 bridgehead atoms. The zero-order chi connectivity index (χ0) is 15.9. The SMILES string of the molecule is c1cc2cc(c1)-n1ccc(n1)Cc1ccn(n1)-c1cccc(c1)C2. The molecule has 0 unspecified atom stereocenters. The highest BCUT2D eigenvalue weighted by molar-refractivity contribution is 5.41. The number of nitrogens with zero attached hydrogens (tertiary/aromatic N) is 4. The Morgan fingerprint density at radius 1 is 0.625 bits per heavy atom. The zero-order valence-electron chi connectivity index (χ0n) is 13.1. The van der Waals surface area contributed by atoms with Crippen LogP contribution in [0, 0.1) is 0 Å². The average molecular weight is 312 g/mol. The van der Waals surface area contributed by atoms with Gasteiger partial charge in [0.2, 0.25) is 0 Å². The summed E-state index contributed by atoms with van der Waals surface area (Å²) in [6, 6.07) is 21.3. The summed E-state index contributed by atoms with van der Waals surface area (Å²) in [5.41, 5.74) is 6.79. The molecule has 0 saturated heterocycles. The van der Waals surface area contributed by atoms with E-state index in [-0.39, 0.29) is 0 Å². The van der Waals surface area contributed by atoms with Gasteiger partial charge in [0.25, 0.3) is 0 Å². The Morgan fingerprint density at radius 2 is 1.17 bits per heavy atom. The molecule has 5 rings (SSSR count). The van der Waals surface area contributed by atoms with E-state index < -0.39 is 0 Å². The van der Waals surface area contributed by atoms with Crippen LogP contribution in [0.3, 0.4) is 0 Å². The first-order valence-corrected chi connectivity index (χ1v) is 8.11. The minimum Gasteiger partial charge on any atom is -0.241 e. The largest absolute Gasteiger partial charge is 0.241 e. The van der Waals surface area contributed by atoms with Crippen molar-refractivity contribution in [1.29, 1.82) is 0 Å². The molecule has 0 N–H and O–H groups in total. The molecule has 3 heterocycles. The van der Waals surface area contributed by atoms with Crippen LogP contribution in [0.15, 0.2) is 73.1 Å². The number of benzene rings is 2. The van der Waals surface area contributed by atoms with E-state index in [9.17, 15) is 0 Å². The first-order valence-electron chi connectivity index (χ1n) is 8.11. The number of hydrogen-bond acceptors (Lipinski definition) is 2. The lowest BCUT2D eigenvalue weighted by molar-refractivity contribution is 0.815. The van der Waals surface area contributed by atoms with Gasteiger partial charge in [-0.3, -0.25) is 0 Å². The highest BCUT2D eigenvalue weighted by Gasteiger charge is 2.09. The summed E-state index contributed by atoms with van der Waals surface area (Å²) in [6.07, 6.45) is 5.67. The molecule has 1 aliphatic heterocycles. The normalized spacial score (nSPS) is 12.7. The summed E-state index contributed by atoms with van der Waals surface area (Å²) in [5.74, 6) is 0. The standard InChI is InChI=1S/C20H16N4/c1-3-15-11-16-4-2-6-20(13-16)24-10-8-18(22-24)14-17-7-9-23(21-17)19(5-1)12-15/h1-10,12-13H,11,14H2. The van der Waals surface area contributed by atoms with Crippen LogP contribution < -0.4 is 0 Å². The molecule has 0 spiro atoms. The fourth-order valence-electron chi connectivity index (χ4n) is 3.24. The second kappa shape index (κ2) is 5.20. The smallest absolute Gasteiger partial charge is 0.0689 e. The Labute approximate surface area is 140 Å².